The fourth-order valence-electron chi connectivity index (χ4n) is 3.44. The van der Waals surface area contributed by atoms with Crippen molar-refractivity contribution < 1.29 is 24.2 Å². The van der Waals surface area contributed by atoms with Gasteiger partial charge in [-0.2, -0.15) is 0 Å². The lowest BCUT2D eigenvalue weighted by molar-refractivity contribution is -0.255. The largest absolute Gasteiger partial charge is 0.545 e. The maximum Gasteiger partial charge on any atom is 0.270 e. The number of para-hydroxylation sites is 1. The Kier molecular flexibility index (Phi) is 6.51. The molecule has 170 valence electrons. The number of thiocarbonyl (C=S) groups is 1. The molecule has 0 unspecified atom stereocenters. The molecule has 1 fully saturated rings. The number of aromatic carboxylic acids is 1. The lowest BCUT2D eigenvalue weighted by Gasteiger charge is -2.29. The van der Waals surface area contributed by atoms with Crippen molar-refractivity contribution in [3.05, 3.63) is 101 Å². The van der Waals surface area contributed by atoms with E-state index in [-0.39, 0.29) is 22.9 Å². The maximum atomic E-state index is 13.3. The molecule has 0 aliphatic carbocycles. The van der Waals surface area contributed by atoms with Crippen molar-refractivity contribution in [3.63, 3.8) is 0 Å². The highest BCUT2D eigenvalue weighted by molar-refractivity contribution is 7.80. The summed E-state index contributed by atoms with van der Waals surface area (Å²) in [5.74, 6) is -1.92. The molecule has 2 amide bonds. The van der Waals surface area contributed by atoms with E-state index in [1.165, 1.54) is 23.1 Å². The van der Waals surface area contributed by atoms with Crippen molar-refractivity contribution in [2.24, 2.45) is 0 Å². The van der Waals surface area contributed by atoms with Gasteiger partial charge in [-0.3, -0.25) is 19.8 Å². The minimum absolute atomic E-state index is 0.0160. The Bertz CT molecular complexity index is 1330. The molecule has 0 aromatic heterocycles. The summed E-state index contributed by atoms with van der Waals surface area (Å²) in [6.07, 6.45) is 1.47. The van der Waals surface area contributed by atoms with Crippen LogP contribution in [0.15, 0.2) is 78.4 Å². The van der Waals surface area contributed by atoms with Crippen LogP contribution in [0.2, 0.25) is 0 Å². The Hall–Kier alpha value is -4.30. The third-order valence-electron chi connectivity index (χ3n) is 5.16. The summed E-state index contributed by atoms with van der Waals surface area (Å²) in [6.45, 7) is 2.06. The van der Waals surface area contributed by atoms with Crippen molar-refractivity contribution in [1.29, 1.82) is 0 Å². The van der Waals surface area contributed by atoms with E-state index in [1.54, 1.807) is 42.5 Å². The molecule has 4 rings (SSSR count). The molecule has 34 heavy (non-hydrogen) atoms. The van der Waals surface area contributed by atoms with Crippen LogP contribution in [0.5, 0.6) is 5.75 Å². The average Bonchev–Trinajstić information content (AvgIpc) is 2.81. The van der Waals surface area contributed by atoms with Gasteiger partial charge < -0.3 is 14.6 Å². The van der Waals surface area contributed by atoms with Crippen LogP contribution in [0, 0.1) is 6.92 Å². The number of benzene rings is 3. The van der Waals surface area contributed by atoms with Gasteiger partial charge in [0, 0.05) is 5.56 Å². The van der Waals surface area contributed by atoms with Gasteiger partial charge in [0.25, 0.3) is 11.8 Å². The lowest BCUT2D eigenvalue weighted by Crippen LogP contribution is -2.54. The Morgan fingerprint density at radius 3 is 2.50 bits per heavy atom. The van der Waals surface area contributed by atoms with E-state index in [0.717, 1.165) is 11.1 Å². The zero-order chi connectivity index (χ0) is 24.2. The highest BCUT2D eigenvalue weighted by Gasteiger charge is 2.34. The first-order valence-corrected chi connectivity index (χ1v) is 10.7. The van der Waals surface area contributed by atoms with E-state index in [0.29, 0.717) is 17.0 Å². The first kappa shape index (κ1) is 22.9. The second kappa shape index (κ2) is 9.68. The number of carboxylic acid groups (broad SMARTS) is 1. The molecule has 0 bridgehead atoms. The van der Waals surface area contributed by atoms with Gasteiger partial charge in [0.05, 0.1) is 11.7 Å². The smallest absolute Gasteiger partial charge is 0.270 e. The van der Waals surface area contributed by atoms with Gasteiger partial charge in [-0.15, -0.1) is 0 Å². The summed E-state index contributed by atoms with van der Waals surface area (Å²) in [5.41, 5.74) is 2.78. The quantitative estimate of drug-likeness (QED) is 0.337. The summed E-state index contributed by atoms with van der Waals surface area (Å²) in [6, 6.07) is 20.4. The van der Waals surface area contributed by atoms with Crippen LogP contribution in [0.3, 0.4) is 0 Å². The summed E-state index contributed by atoms with van der Waals surface area (Å²) in [7, 11) is 0. The summed E-state index contributed by atoms with van der Waals surface area (Å²) in [4.78, 5) is 38.1. The number of ether oxygens (including phenoxy) is 1. The third-order valence-corrected chi connectivity index (χ3v) is 5.45. The minimum atomic E-state index is -1.25. The first-order valence-electron chi connectivity index (χ1n) is 10.3. The molecule has 3 aromatic carbocycles. The van der Waals surface area contributed by atoms with Gasteiger partial charge in [0.1, 0.15) is 17.9 Å². The molecule has 1 saturated heterocycles. The second-order valence-corrected chi connectivity index (χ2v) is 7.99. The number of anilines is 1. The lowest BCUT2D eigenvalue weighted by atomic mass is 10.1. The Morgan fingerprint density at radius 2 is 1.79 bits per heavy atom. The van der Waals surface area contributed by atoms with Gasteiger partial charge >= 0.3 is 0 Å². The maximum absolute atomic E-state index is 13.3. The summed E-state index contributed by atoms with van der Waals surface area (Å²) >= 11 is 5.25. The zero-order valence-electron chi connectivity index (χ0n) is 18.1. The van der Waals surface area contributed by atoms with Crippen molar-refractivity contribution in [2.45, 2.75) is 13.5 Å². The van der Waals surface area contributed by atoms with Crippen LogP contribution in [0.25, 0.3) is 6.08 Å². The Labute approximate surface area is 201 Å². The number of rotatable bonds is 6. The molecular weight excluding hydrogens is 452 g/mol. The minimum Gasteiger partial charge on any atom is -0.545 e. The Balaban J connectivity index is 1.60. The van der Waals surface area contributed by atoms with Gasteiger partial charge in [-0.05, 0) is 60.1 Å². The summed E-state index contributed by atoms with van der Waals surface area (Å²) in [5, 5.41) is 13.5. The topological polar surface area (TPSA) is 98.8 Å². The van der Waals surface area contributed by atoms with E-state index in [9.17, 15) is 19.5 Å². The predicted octanol–water partition coefficient (Wildman–Crippen LogP) is 2.77. The van der Waals surface area contributed by atoms with Crippen LogP contribution in [-0.4, -0.2) is 22.9 Å². The number of carbonyl (C=O) groups is 3. The molecule has 0 atom stereocenters. The van der Waals surface area contributed by atoms with Crippen LogP contribution >= 0.6 is 12.2 Å². The number of carbonyl (C=O) groups excluding carboxylic acids is 3. The molecule has 1 heterocycles. The van der Waals surface area contributed by atoms with Crippen molar-refractivity contribution in [2.75, 3.05) is 4.90 Å². The van der Waals surface area contributed by atoms with Crippen LogP contribution < -0.4 is 20.1 Å². The first-order chi connectivity index (χ1) is 16.3. The highest BCUT2D eigenvalue weighted by atomic mass is 32.1. The molecule has 0 saturated carbocycles. The molecule has 3 aromatic rings. The molecule has 0 spiro atoms. The zero-order valence-corrected chi connectivity index (χ0v) is 18.9. The fraction of sp³-hybridized carbons (Fsp3) is 0.0769. The molecule has 1 aliphatic heterocycles. The monoisotopic (exact) mass is 471 g/mol. The van der Waals surface area contributed by atoms with Crippen molar-refractivity contribution >= 4 is 46.9 Å². The standard InChI is InChI=1S/C26H20N2O5S/c1-16-5-4-7-20(13-16)28-24(30)21(23(29)27-26(28)34)14-19-6-2-3-8-22(19)33-15-17-9-11-18(12-10-17)25(31)32/h2-14H,15H2,1H3,(H,31,32)(H,27,29,34)/p-1/b21-14+. The van der Waals surface area contributed by atoms with Crippen molar-refractivity contribution in [3.8, 4) is 5.75 Å². The molecular formula is C26H19N2O5S-. The Morgan fingerprint density at radius 1 is 1.06 bits per heavy atom. The molecule has 0 radical (unpaired) electrons. The third kappa shape index (κ3) is 4.87. The number of amides is 2. The average molecular weight is 472 g/mol. The van der Waals surface area contributed by atoms with Gasteiger partial charge in [0.2, 0.25) is 0 Å². The molecule has 8 heteroatoms. The number of aryl methyl sites for hydroxylation is 1. The van der Waals surface area contributed by atoms with Gasteiger partial charge in [-0.1, -0.05) is 54.6 Å². The number of hydrogen-bond acceptors (Lipinski definition) is 6. The highest BCUT2D eigenvalue weighted by Crippen LogP contribution is 2.26. The number of nitrogens with one attached hydrogen (secondary N) is 1. The predicted molar refractivity (Wildman–Crippen MR) is 129 cm³/mol. The molecule has 1 aliphatic rings. The van der Waals surface area contributed by atoms with Crippen molar-refractivity contribution in [1.82, 2.24) is 5.32 Å². The number of hydrogen-bond donors (Lipinski definition) is 1. The van der Waals surface area contributed by atoms with E-state index in [2.05, 4.69) is 5.32 Å². The van der Waals surface area contributed by atoms with E-state index >= 15 is 0 Å². The van der Waals surface area contributed by atoms with Crippen LogP contribution in [-0.2, 0) is 16.2 Å². The summed E-state index contributed by atoms with van der Waals surface area (Å²) < 4.78 is 5.89. The number of nitrogens with zero attached hydrogens (tertiary/aromatic N) is 1. The van der Waals surface area contributed by atoms with Crippen LogP contribution in [0.1, 0.15) is 27.0 Å². The molecule has 1 N–H and O–H groups in total. The van der Waals surface area contributed by atoms with E-state index < -0.39 is 17.8 Å². The number of carboxylic acids is 1. The van der Waals surface area contributed by atoms with E-state index in [4.69, 9.17) is 17.0 Å². The van der Waals surface area contributed by atoms with Gasteiger partial charge in [0.15, 0.2) is 5.11 Å². The van der Waals surface area contributed by atoms with Gasteiger partial charge in [-0.25, -0.2) is 0 Å². The second-order valence-electron chi connectivity index (χ2n) is 7.61. The fourth-order valence-corrected chi connectivity index (χ4v) is 3.72. The SMILES string of the molecule is Cc1cccc(N2C(=O)/C(=C/c3ccccc3OCc3ccc(C(=O)[O-])cc3)C(=O)NC2=S)c1. The normalized spacial score (nSPS) is 14.8. The van der Waals surface area contributed by atoms with E-state index in [1.807, 2.05) is 25.1 Å². The molecule has 7 nitrogen and oxygen atoms in total. The van der Waals surface area contributed by atoms with Crippen LogP contribution in [0.4, 0.5) is 5.69 Å².